The highest BCUT2D eigenvalue weighted by molar-refractivity contribution is 6.09. The summed E-state index contributed by atoms with van der Waals surface area (Å²) in [7, 11) is 0. The first-order valence-corrected chi connectivity index (χ1v) is 8.75. The van der Waals surface area contributed by atoms with Gasteiger partial charge in [-0.05, 0) is 42.3 Å². The zero-order valence-corrected chi connectivity index (χ0v) is 14.8. The minimum atomic E-state index is -0.575. The summed E-state index contributed by atoms with van der Waals surface area (Å²) in [4.78, 5) is 35.2. The van der Waals surface area contributed by atoms with E-state index in [1.54, 1.807) is 48.5 Å². The molecule has 4 rings (SSSR count). The molecule has 1 aliphatic rings. The SMILES string of the molecule is O=C(c1ccccc1)c1ccc(Oc2ccc3c(c2)CCC3=O)c([N+](=O)[O-])c1. The van der Waals surface area contributed by atoms with Crippen LogP contribution in [0.4, 0.5) is 5.69 Å². The van der Waals surface area contributed by atoms with Gasteiger partial charge in [0, 0.05) is 29.2 Å². The fourth-order valence-electron chi connectivity index (χ4n) is 3.27. The molecule has 3 aromatic rings. The molecule has 6 heteroatoms. The van der Waals surface area contributed by atoms with Gasteiger partial charge in [-0.2, -0.15) is 0 Å². The molecule has 138 valence electrons. The molecule has 0 aromatic heterocycles. The lowest BCUT2D eigenvalue weighted by molar-refractivity contribution is -0.385. The number of aryl methyl sites for hydroxylation is 1. The Labute approximate surface area is 160 Å². The fourth-order valence-corrected chi connectivity index (χ4v) is 3.27. The van der Waals surface area contributed by atoms with Crippen molar-refractivity contribution in [1.82, 2.24) is 0 Å². The second kappa shape index (κ2) is 7.08. The van der Waals surface area contributed by atoms with Gasteiger partial charge in [0.1, 0.15) is 5.75 Å². The maximum atomic E-state index is 12.6. The van der Waals surface area contributed by atoms with E-state index in [1.807, 2.05) is 0 Å². The van der Waals surface area contributed by atoms with Crippen LogP contribution in [-0.2, 0) is 6.42 Å². The van der Waals surface area contributed by atoms with E-state index in [1.165, 1.54) is 18.2 Å². The van der Waals surface area contributed by atoms with E-state index in [2.05, 4.69) is 0 Å². The second-order valence-corrected chi connectivity index (χ2v) is 6.48. The first kappa shape index (κ1) is 17.6. The lowest BCUT2D eigenvalue weighted by atomic mass is 10.0. The normalized spacial score (nSPS) is 12.5. The highest BCUT2D eigenvalue weighted by Crippen LogP contribution is 2.34. The van der Waals surface area contributed by atoms with Crippen LogP contribution in [0, 0.1) is 10.1 Å². The molecular weight excluding hydrogens is 358 g/mol. The molecule has 3 aromatic carbocycles. The predicted molar refractivity (Wildman–Crippen MR) is 102 cm³/mol. The Morgan fingerprint density at radius 1 is 0.929 bits per heavy atom. The van der Waals surface area contributed by atoms with Crippen LogP contribution in [0.1, 0.15) is 38.3 Å². The van der Waals surface area contributed by atoms with Gasteiger partial charge >= 0.3 is 5.69 Å². The number of carbonyl (C=O) groups excluding carboxylic acids is 2. The standard InChI is InChI=1S/C22H15NO5/c24-20-10-6-15-12-17(8-9-18(15)20)28-21-11-7-16(13-19(21)23(26)27)22(25)14-4-2-1-3-5-14/h1-5,7-9,11-13H,6,10H2. The molecule has 0 N–H and O–H groups in total. The molecule has 28 heavy (non-hydrogen) atoms. The smallest absolute Gasteiger partial charge is 0.312 e. The van der Waals surface area contributed by atoms with Gasteiger partial charge in [-0.25, -0.2) is 0 Å². The monoisotopic (exact) mass is 373 g/mol. The van der Waals surface area contributed by atoms with Crippen molar-refractivity contribution in [2.24, 2.45) is 0 Å². The minimum absolute atomic E-state index is 0.0406. The minimum Gasteiger partial charge on any atom is -0.450 e. The van der Waals surface area contributed by atoms with E-state index in [4.69, 9.17) is 4.74 Å². The molecule has 0 atom stereocenters. The Bertz CT molecular complexity index is 1110. The van der Waals surface area contributed by atoms with Gasteiger partial charge in [0.2, 0.25) is 5.75 Å². The molecule has 0 unspecified atom stereocenters. The molecular formula is C22H15NO5. The van der Waals surface area contributed by atoms with E-state index in [0.717, 1.165) is 5.56 Å². The third-order valence-electron chi connectivity index (χ3n) is 4.68. The average Bonchev–Trinajstić information content (AvgIpc) is 3.08. The van der Waals surface area contributed by atoms with E-state index >= 15 is 0 Å². The number of benzene rings is 3. The molecule has 0 fully saturated rings. The Morgan fingerprint density at radius 3 is 2.46 bits per heavy atom. The first-order chi connectivity index (χ1) is 13.5. The molecule has 1 aliphatic carbocycles. The molecule has 0 amide bonds. The summed E-state index contributed by atoms with van der Waals surface area (Å²) in [5.74, 6) is 0.250. The van der Waals surface area contributed by atoms with E-state index in [9.17, 15) is 19.7 Å². The van der Waals surface area contributed by atoms with Crippen molar-refractivity contribution in [3.05, 3.63) is 99.1 Å². The van der Waals surface area contributed by atoms with Crippen LogP contribution in [0.2, 0.25) is 0 Å². The zero-order valence-electron chi connectivity index (χ0n) is 14.8. The first-order valence-electron chi connectivity index (χ1n) is 8.75. The van der Waals surface area contributed by atoms with Gasteiger partial charge in [-0.15, -0.1) is 0 Å². The average molecular weight is 373 g/mol. The summed E-state index contributed by atoms with van der Waals surface area (Å²) in [6, 6.07) is 17.8. The highest BCUT2D eigenvalue weighted by Gasteiger charge is 2.22. The van der Waals surface area contributed by atoms with E-state index < -0.39 is 4.92 Å². The van der Waals surface area contributed by atoms with Gasteiger partial charge in [0.25, 0.3) is 0 Å². The largest absolute Gasteiger partial charge is 0.450 e. The van der Waals surface area contributed by atoms with Crippen molar-refractivity contribution >= 4 is 17.3 Å². The van der Waals surface area contributed by atoms with Crippen LogP contribution in [0.5, 0.6) is 11.5 Å². The third kappa shape index (κ3) is 3.27. The number of Topliss-reactive ketones (excluding diaryl/α,β-unsaturated/α-hetero) is 1. The quantitative estimate of drug-likeness (QED) is 0.366. The van der Waals surface area contributed by atoms with Crippen molar-refractivity contribution < 1.29 is 19.2 Å². The lowest BCUT2D eigenvalue weighted by Gasteiger charge is -2.09. The number of nitrogens with zero attached hydrogens (tertiary/aromatic N) is 1. The maximum Gasteiger partial charge on any atom is 0.312 e. The molecule has 0 radical (unpaired) electrons. The number of hydrogen-bond acceptors (Lipinski definition) is 5. The topological polar surface area (TPSA) is 86.5 Å². The number of nitro benzene ring substituents is 1. The molecule has 0 heterocycles. The van der Waals surface area contributed by atoms with Gasteiger partial charge < -0.3 is 4.74 Å². The Morgan fingerprint density at radius 2 is 1.71 bits per heavy atom. The van der Waals surface area contributed by atoms with Crippen molar-refractivity contribution in [2.75, 3.05) is 0 Å². The summed E-state index contributed by atoms with van der Waals surface area (Å²) in [5, 5.41) is 11.5. The van der Waals surface area contributed by atoms with Crippen molar-refractivity contribution in [1.29, 1.82) is 0 Å². The molecule has 0 saturated heterocycles. The van der Waals surface area contributed by atoms with Crippen LogP contribution in [0.25, 0.3) is 0 Å². The number of hydrogen-bond donors (Lipinski definition) is 0. The highest BCUT2D eigenvalue weighted by atomic mass is 16.6. The van der Waals surface area contributed by atoms with Crippen LogP contribution >= 0.6 is 0 Å². The van der Waals surface area contributed by atoms with Gasteiger partial charge in [0.05, 0.1) is 4.92 Å². The number of fused-ring (bicyclic) bond motifs is 1. The Hall–Kier alpha value is -3.80. The predicted octanol–water partition coefficient (Wildman–Crippen LogP) is 4.75. The second-order valence-electron chi connectivity index (χ2n) is 6.48. The maximum absolute atomic E-state index is 12.6. The summed E-state index contributed by atoms with van der Waals surface area (Å²) < 4.78 is 5.71. The van der Waals surface area contributed by atoms with Crippen LogP contribution < -0.4 is 4.74 Å². The van der Waals surface area contributed by atoms with Gasteiger partial charge in [-0.1, -0.05) is 30.3 Å². The lowest BCUT2D eigenvalue weighted by Crippen LogP contribution is -2.03. The van der Waals surface area contributed by atoms with E-state index in [-0.39, 0.29) is 28.6 Å². The van der Waals surface area contributed by atoms with Gasteiger partial charge in [0.15, 0.2) is 11.6 Å². The summed E-state index contributed by atoms with van der Waals surface area (Å²) in [6.45, 7) is 0. The molecule has 0 bridgehead atoms. The third-order valence-corrected chi connectivity index (χ3v) is 4.68. The van der Waals surface area contributed by atoms with Crippen LogP contribution in [0.3, 0.4) is 0 Å². The molecule has 0 saturated carbocycles. The summed E-state index contributed by atoms with van der Waals surface area (Å²) >= 11 is 0. The van der Waals surface area contributed by atoms with Crippen molar-refractivity contribution in [3.63, 3.8) is 0 Å². The molecule has 6 nitrogen and oxygen atoms in total. The number of ether oxygens (including phenoxy) is 1. The zero-order chi connectivity index (χ0) is 19.7. The van der Waals surface area contributed by atoms with Crippen LogP contribution in [-0.4, -0.2) is 16.5 Å². The van der Waals surface area contributed by atoms with Crippen molar-refractivity contribution in [2.45, 2.75) is 12.8 Å². The Kier molecular flexibility index (Phi) is 4.45. The van der Waals surface area contributed by atoms with E-state index in [0.29, 0.717) is 29.7 Å². The number of carbonyl (C=O) groups is 2. The molecule has 0 spiro atoms. The number of ketones is 2. The van der Waals surface area contributed by atoms with Gasteiger partial charge in [-0.3, -0.25) is 19.7 Å². The molecule has 0 aliphatic heterocycles. The summed E-state index contributed by atoms with van der Waals surface area (Å²) in [5.41, 5.74) is 1.92. The number of rotatable bonds is 5. The summed E-state index contributed by atoms with van der Waals surface area (Å²) in [6.07, 6.45) is 1.10. The number of nitro groups is 1. The Balaban J connectivity index is 1.66. The van der Waals surface area contributed by atoms with Crippen molar-refractivity contribution in [3.8, 4) is 11.5 Å². The fraction of sp³-hybridized carbons (Fsp3) is 0.0909. The van der Waals surface area contributed by atoms with Crippen LogP contribution in [0.15, 0.2) is 66.7 Å².